The van der Waals surface area contributed by atoms with E-state index in [1.165, 1.54) is 6.33 Å². The smallest absolute Gasteiger partial charge is 0.260 e. The molecule has 7 nitrogen and oxygen atoms in total. The molecule has 0 aliphatic carbocycles. The largest absolute Gasteiger partial charge is 0.397 e. The molecule has 0 radical (unpaired) electrons. The maximum Gasteiger partial charge on any atom is 0.260 e. The van der Waals surface area contributed by atoms with Crippen molar-refractivity contribution in [3.8, 4) is 17.6 Å². The molecule has 3 aromatic rings. The lowest BCUT2D eigenvalue weighted by Crippen LogP contribution is -1.99. The molecule has 0 amide bonds. The van der Waals surface area contributed by atoms with Gasteiger partial charge in [-0.1, -0.05) is 35.6 Å². The van der Waals surface area contributed by atoms with E-state index in [1.807, 2.05) is 24.3 Å². The summed E-state index contributed by atoms with van der Waals surface area (Å²) in [6, 6.07) is 13.1. The minimum absolute atomic E-state index is 0.393. The Balaban J connectivity index is 1.70. The van der Waals surface area contributed by atoms with Gasteiger partial charge in [0.05, 0.1) is 11.6 Å². The van der Waals surface area contributed by atoms with E-state index in [-0.39, 0.29) is 0 Å². The molecule has 3 rings (SSSR count). The number of rotatable bonds is 6. The van der Waals surface area contributed by atoms with Crippen molar-refractivity contribution < 1.29 is 13.5 Å². The number of nitrogens with two attached hydrogens (primary N) is 1. The molecule has 0 unspecified atom stereocenters. The number of halogens is 1. The van der Waals surface area contributed by atoms with Crippen LogP contribution in [-0.2, 0) is 15.9 Å². The molecule has 0 spiro atoms. The fourth-order valence-corrected chi connectivity index (χ4v) is 2.65. The lowest BCUT2D eigenvalue weighted by atomic mass is 10.1. The van der Waals surface area contributed by atoms with Crippen LogP contribution in [0.5, 0.6) is 5.75 Å². The fraction of sp³-hybridized carbons (Fsp3) is 0.0588. The number of aromatic nitrogens is 3. The average Bonchev–Trinajstić information content (AvgIpc) is 3.15. The molecule has 0 aliphatic rings. The van der Waals surface area contributed by atoms with Crippen molar-refractivity contribution in [1.29, 1.82) is 0 Å². The zero-order valence-electron chi connectivity index (χ0n) is 13.3. The Morgan fingerprint density at radius 3 is 2.73 bits per heavy atom. The summed E-state index contributed by atoms with van der Waals surface area (Å²) in [6.45, 7) is 0.639. The average molecular weight is 389 g/mol. The van der Waals surface area contributed by atoms with Gasteiger partial charge >= 0.3 is 0 Å². The third kappa shape index (κ3) is 5.23. The summed E-state index contributed by atoms with van der Waals surface area (Å²) in [4.78, 5) is 7.86. The predicted molar refractivity (Wildman–Crippen MR) is 97.6 cm³/mol. The highest BCUT2D eigenvalue weighted by Gasteiger charge is 2.04. The zero-order valence-corrected chi connectivity index (χ0v) is 14.9. The number of nitrogens with zero attached hydrogens (tertiary/aromatic N) is 3. The normalized spacial score (nSPS) is 10.2. The van der Waals surface area contributed by atoms with Crippen molar-refractivity contribution in [3.63, 3.8) is 0 Å². The summed E-state index contributed by atoms with van der Waals surface area (Å²) in [7, 11) is 0. The third-order valence-electron chi connectivity index (χ3n) is 3.21. The number of hydrogen-bond acceptors (Lipinski definition) is 7. The third-order valence-corrected chi connectivity index (χ3v) is 3.89. The van der Waals surface area contributed by atoms with Crippen LogP contribution >= 0.6 is 23.9 Å². The van der Waals surface area contributed by atoms with Crippen molar-refractivity contribution in [2.24, 2.45) is 5.90 Å². The van der Waals surface area contributed by atoms with Crippen molar-refractivity contribution in [3.05, 3.63) is 76.8 Å². The van der Waals surface area contributed by atoms with Gasteiger partial charge in [0.25, 0.3) is 12.3 Å². The predicted octanol–water partition coefficient (Wildman–Crippen LogP) is 3.14. The van der Waals surface area contributed by atoms with E-state index in [4.69, 9.17) is 21.7 Å². The molecule has 1 heterocycles. The number of benzene rings is 2. The first-order valence-electron chi connectivity index (χ1n) is 7.34. The molecule has 2 N–H and O–H groups in total. The monoisotopic (exact) mass is 388 g/mol. The van der Waals surface area contributed by atoms with Crippen molar-refractivity contribution in [2.75, 3.05) is 0 Å². The molecule has 0 aliphatic heterocycles. The molecule has 132 valence electrons. The fourth-order valence-electron chi connectivity index (χ4n) is 2.11. The van der Waals surface area contributed by atoms with Crippen LogP contribution in [0.2, 0.25) is 5.02 Å². The summed E-state index contributed by atoms with van der Waals surface area (Å²) in [6.07, 6.45) is 3.18. The van der Waals surface area contributed by atoms with Crippen LogP contribution in [0, 0.1) is 11.8 Å². The summed E-state index contributed by atoms with van der Waals surface area (Å²) in [5.74, 6) is 11.3. The summed E-state index contributed by atoms with van der Waals surface area (Å²) >= 11 is 6.71. The van der Waals surface area contributed by atoms with Crippen LogP contribution in [0.4, 0.5) is 0 Å². The molecule has 26 heavy (non-hydrogen) atoms. The van der Waals surface area contributed by atoms with Gasteiger partial charge in [-0.25, -0.2) is 9.67 Å². The summed E-state index contributed by atoms with van der Waals surface area (Å²) in [5.41, 5.74) is 2.73. The first kappa shape index (κ1) is 18.3. The SMILES string of the molecule is NOOSOc1ccc(C#Cc2cccc(Cn3cncn3)c2)cc1Cl. The molecule has 0 atom stereocenters. The molecule has 9 heteroatoms. The van der Waals surface area contributed by atoms with Crippen LogP contribution in [-0.4, -0.2) is 14.8 Å². The summed E-state index contributed by atoms with van der Waals surface area (Å²) in [5, 5.41) is 4.49. The minimum atomic E-state index is 0.393. The number of hydrogen-bond donors (Lipinski definition) is 1. The second kappa shape index (κ2) is 9.24. The van der Waals surface area contributed by atoms with E-state index in [2.05, 4.69) is 31.2 Å². The van der Waals surface area contributed by atoms with E-state index in [0.29, 0.717) is 29.6 Å². The van der Waals surface area contributed by atoms with Gasteiger partial charge < -0.3 is 4.18 Å². The Kier molecular flexibility index (Phi) is 6.49. The van der Waals surface area contributed by atoms with Crippen molar-refractivity contribution >= 4 is 23.9 Å². The first-order chi connectivity index (χ1) is 12.7. The molecule has 0 fully saturated rings. The standard InChI is InChI=1S/C17H13ClN4O3S/c18-16-9-14(6-7-17(16)23-26-25-24-19)5-4-13-2-1-3-15(8-13)10-22-12-20-11-21-22/h1-3,6-9,11-12H,10,19H2. The Morgan fingerprint density at radius 2 is 2.00 bits per heavy atom. The molecule has 0 saturated carbocycles. The lowest BCUT2D eigenvalue weighted by Gasteiger charge is -2.04. The molecule has 1 aromatic heterocycles. The maximum atomic E-state index is 6.15. The first-order valence-corrected chi connectivity index (χ1v) is 8.39. The van der Waals surface area contributed by atoms with Crippen LogP contribution in [0.25, 0.3) is 0 Å². The molecule has 2 aromatic carbocycles. The Bertz CT molecular complexity index is 925. The highest BCUT2D eigenvalue weighted by Crippen LogP contribution is 2.28. The van der Waals surface area contributed by atoms with Gasteiger partial charge in [-0.15, -0.1) is 9.32 Å². The molecular formula is C17H13ClN4O3S. The van der Waals surface area contributed by atoms with E-state index >= 15 is 0 Å². The quantitative estimate of drug-likeness (QED) is 0.228. The van der Waals surface area contributed by atoms with Crippen molar-refractivity contribution in [1.82, 2.24) is 14.8 Å². The van der Waals surface area contributed by atoms with Crippen LogP contribution < -0.4 is 10.1 Å². The highest BCUT2D eigenvalue weighted by atomic mass is 35.5. The van der Waals surface area contributed by atoms with Crippen LogP contribution in [0.1, 0.15) is 16.7 Å². The Morgan fingerprint density at radius 1 is 1.15 bits per heavy atom. The second-order valence-electron chi connectivity index (χ2n) is 5.00. The van der Waals surface area contributed by atoms with E-state index < -0.39 is 0 Å². The van der Waals surface area contributed by atoms with Gasteiger partial charge in [-0.2, -0.15) is 11.0 Å². The van der Waals surface area contributed by atoms with Crippen LogP contribution in [0.15, 0.2) is 55.1 Å². The van der Waals surface area contributed by atoms with E-state index in [0.717, 1.165) is 16.7 Å². The highest BCUT2D eigenvalue weighted by molar-refractivity contribution is 7.90. The van der Waals surface area contributed by atoms with Gasteiger partial charge in [-0.05, 0) is 35.9 Å². The van der Waals surface area contributed by atoms with Gasteiger partial charge in [0.2, 0.25) is 0 Å². The summed E-state index contributed by atoms with van der Waals surface area (Å²) < 4.78 is 11.3. The van der Waals surface area contributed by atoms with Gasteiger partial charge in [-0.3, -0.25) is 0 Å². The molecular weight excluding hydrogens is 376 g/mol. The van der Waals surface area contributed by atoms with Gasteiger partial charge in [0.15, 0.2) is 5.75 Å². The Hall–Kier alpha value is -2.54. The lowest BCUT2D eigenvalue weighted by molar-refractivity contribution is -0.199. The Labute approximate surface area is 159 Å². The molecule has 0 saturated heterocycles. The minimum Gasteiger partial charge on any atom is -0.397 e. The zero-order chi connectivity index (χ0) is 18.2. The van der Waals surface area contributed by atoms with Gasteiger partial charge in [0.1, 0.15) is 12.7 Å². The maximum absolute atomic E-state index is 6.15. The van der Waals surface area contributed by atoms with Crippen molar-refractivity contribution in [2.45, 2.75) is 6.54 Å². The van der Waals surface area contributed by atoms with Crippen LogP contribution in [0.3, 0.4) is 0 Å². The topological polar surface area (TPSA) is 84.4 Å². The molecule has 0 bridgehead atoms. The second-order valence-corrected chi connectivity index (χ2v) is 5.85. The van der Waals surface area contributed by atoms with E-state index in [1.54, 1.807) is 29.2 Å². The van der Waals surface area contributed by atoms with Gasteiger partial charge in [0, 0.05) is 11.1 Å². The van der Waals surface area contributed by atoms with E-state index in [9.17, 15) is 0 Å².